The molecule has 4 rings (SSSR count). The molecule has 27 heavy (non-hydrogen) atoms. The summed E-state index contributed by atoms with van der Waals surface area (Å²) in [4.78, 5) is 12.6. The van der Waals surface area contributed by atoms with Gasteiger partial charge in [0.1, 0.15) is 11.5 Å². The van der Waals surface area contributed by atoms with Crippen molar-refractivity contribution in [3.63, 3.8) is 0 Å². The molecule has 138 valence electrons. The Bertz CT molecular complexity index is 1160. The molecule has 0 aliphatic heterocycles. The zero-order valence-corrected chi connectivity index (χ0v) is 15.0. The smallest absolute Gasteiger partial charge is 0.268 e. The number of pyridine rings is 3. The molecule has 0 N–H and O–H groups in total. The fraction of sp³-hybridized carbons (Fsp3) is 0.250. The summed E-state index contributed by atoms with van der Waals surface area (Å²) in [6, 6.07) is 6.26. The molecule has 0 amide bonds. The Labute approximate surface area is 153 Å². The fourth-order valence-corrected chi connectivity index (χ4v) is 3.25. The summed E-state index contributed by atoms with van der Waals surface area (Å²) in [5.41, 5.74) is 1.21. The van der Waals surface area contributed by atoms with E-state index in [9.17, 15) is 13.2 Å². The van der Waals surface area contributed by atoms with Crippen molar-refractivity contribution in [1.82, 2.24) is 19.5 Å². The monoisotopic (exact) mass is 370 g/mol. The van der Waals surface area contributed by atoms with E-state index in [1.54, 1.807) is 12.1 Å². The number of aromatic nitrogens is 4. The predicted octanol–water partition coefficient (Wildman–Crippen LogP) is 5.48. The maximum Gasteiger partial charge on any atom is 0.320 e. The molecule has 0 saturated heterocycles. The average Bonchev–Trinajstić information content (AvgIpc) is 2.94. The van der Waals surface area contributed by atoms with Crippen LogP contribution in [0.15, 0.2) is 42.9 Å². The first-order chi connectivity index (χ1) is 12.8. The summed E-state index contributed by atoms with van der Waals surface area (Å²) in [6.45, 7) is 2.86. The number of rotatable bonds is 2. The Morgan fingerprint density at radius 2 is 1.81 bits per heavy atom. The van der Waals surface area contributed by atoms with Crippen molar-refractivity contribution >= 4 is 21.9 Å². The molecule has 0 aliphatic rings. The van der Waals surface area contributed by atoms with Crippen LogP contribution >= 0.6 is 0 Å². The number of nitrogens with zero attached hydrogens (tertiary/aromatic N) is 4. The number of hydrogen-bond donors (Lipinski definition) is 0. The van der Waals surface area contributed by atoms with Crippen molar-refractivity contribution in [3.05, 3.63) is 54.4 Å². The topological polar surface area (TPSA) is 43.6 Å². The summed E-state index contributed by atoms with van der Waals surface area (Å²) in [6.07, 6.45) is 4.53. The number of alkyl halides is 2. The van der Waals surface area contributed by atoms with Gasteiger partial charge in [-0.2, -0.15) is 8.78 Å². The third-order valence-corrected chi connectivity index (χ3v) is 4.49. The largest absolute Gasteiger partial charge is 0.320 e. The Hall–Kier alpha value is -2.96. The third kappa shape index (κ3) is 2.83. The second-order valence-electron chi connectivity index (χ2n) is 7.41. The van der Waals surface area contributed by atoms with E-state index in [4.69, 9.17) is 0 Å². The van der Waals surface area contributed by atoms with Crippen LogP contribution in [0, 0.1) is 5.82 Å². The van der Waals surface area contributed by atoms with Crippen LogP contribution in [-0.4, -0.2) is 19.5 Å². The van der Waals surface area contributed by atoms with Crippen molar-refractivity contribution in [2.45, 2.75) is 32.7 Å². The van der Waals surface area contributed by atoms with Gasteiger partial charge in [-0.25, -0.2) is 9.37 Å². The first-order valence-electron chi connectivity index (χ1n) is 8.46. The van der Waals surface area contributed by atoms with Crippen molar-refractivity contribution in [2.24, 2.45) is 0 Å². The van der Waals surface area contributed by atoms with Gasteiger partial charge in [-0.1, -0.05) is 20.8 Å². The molecule has 0 atom stereocenters. The Morgan fingerprint density at radius 3 is 2.48 bits per heavy atom. The van der Waals surface area contributed by atoms with Crippen LogP contribution in [0.1, 0.15) is 33.0 Å². The quantitative estimate of drug-likeness (QED) is 0.469. The van der Waals surface area contributed by atoms with Gasteiger partial charge >= 0.3 is 6.55 Å². The first-order valence-corrected chi connectivity index (χ1v) is 8.46. The van der Waals surface area contributed by atoms with Crippen molar-refractivity contribution in [1.29, 1.82) is 0 Å². The summed E-state index contributed by atoms with van der Waals surface area (Å²) >= 11 is 0. The molecule has 0 radical (unpaired) electrons. The summed E-state index contributed by atoms with van der Waals surface area (Å²) in [5.74, 6) is -0.444. The molecule has 4 nitrogen and oxygen atoms in total. The molecule has 0 aromatic carbocycles. The molecule has 4 aromatic rings. The Kier molecular flexibility index (Phi) is 3.91. The lowest BCUT2D eigenvalue weighted by Crippen LogP contribution is -2.16. The maximum absolute atomic E-state index is 14.5. The summed E-state index contributed by atoms with van der Waals surface area (Å²) < 4.78 is 42.7. The highest BCUT2D eigenvalue weighted by molar-refractivity contribution is 6.06. The van der Waals surface area contributed by atoms with E-state index in [0.717, 1.165) is 4.57 Å². The summed E-state index contributed by atoms with van der Waals surface area (Å²) in [7, 11) is 0. The minimum atomic E-state index is -2.76. The van der Waals surface area contributed by atoms with Crippen LogP contribution in [0.5, 0.6) is 0 Å². The van der Waals surface area contributed by atoms with Gasteiger partial charge in [-0.3, -0.25) is 14.5 Å². The average molecular weight is 370 g/mol. The van der Waals surface area contributed by atoms with Crippen molar-refractivity contribution in [2.75, 3.05) is 0 Å². The minimum Gasteiger partial charge on any atom is -0.268 e. The number of hydrogen-bond acceptors (Lipinski definition) is 3. The van der Waals surface area contributed by atoms with E-state index < -0.39 is 17.8 Å². The lowest BCUT2D eigenvalue weighted by molar-refractivity contribution is 0.0791. The fourth-order valence-electron chi connectivity index (χ4n) is 3.25. The van der Waals surface area contributed by atoms with E-state index in [0.29, 0.717) is 33.2 Å². The van der Waals surface area contributed by atoms with Gasteiger partial charge in [0.25, 0.3) is 0 Å². The highest BCUT2D eigenvalue weighted by Gasteiger charge is 2.22. The third-order valence-electron chi connectivity index (χ3n) is 4.49. The van der Waals surface area contributed by atoms with Crippen LogP contribution in [0.25, 0.3) is 33.2 Å². The minimum absolute atomic E-state index is 0.130. The second kappa shape index (κ2) is 6.04. The van der Waals surface area contributed by atoms with Crippen LogP contribution in [0.2, 0.25) is 0 Å². The molecule has 7 heteroatoms. The second-order valence-corrected chi connectivity index (χ2v) is 7.41. The zero-order chi connectivity index (χ0) is 19.3. The SMILES string of the molecule is CC(C)(C)c1ncc(-c2ccc3c4cnccc4n(C(F)F)c3n2)cc1F. The zero-order valence-electron chi connectivity index (χ0n) is 15.0. The van der Waals surface area contributed by atoms with Crippen LogP contribution < -0.4 is 0 Å². The van der Waals surface area contributed by atoms with Crippen LogP contribution in [-0.2, 0) is 5.41 Å². The first kappa shape index (κ1) is 17.5. The van der Waals surface area contributed by atoms with E-state index >= 15 is 0 Å². The number of halogens is 3. The Balaban J connectivity index is 1.93. The van der Waals surface area contributed by atoms with E-state index in [1.807, 2.05) is 20.8 Å². The van der Waals surface area contributed by atoms with Gasteiger partial charge < -0.3 is 0 Å². The lowest BCUT2D eigenvalue weighted by atomic mass is 9.91. The van der Waals surface area contributed by atoms with Crippen molar-refractivity contribution in [3.8, 4) is 11.3 Å². The molecule has 0 aliphatic carbocycles. The van der Waals surface area contributed by atoms with Crippen molar-refractivity contribution < 1.29 is 13.2 Å². The molecular formula is C20H17F3N4. The van der Waals surface area contributed by atoms with Crippen LogP contribution in [0.4, 0.5) is 13.2 Å². The molecule has 0 spiro atoms. The molecule has 4 heterocycles. The van der Waals surface area contributed by atoms with Gasteiger partial charge in [0, 0.05) is 40.3 Å². The normalized spacial score (nSPS) is 12.4. The van der Waals surface area contributed by atoms with Gasteiger partial charge in [0.2, 0.25) is 0 Å². The highest BCUT2D eigenvalue weighted by atomic mass is 19.3. The molecule has 0 unspecified atom stereocenters. The standard InChI is InChI=1S/C20H17F3N4/c1-20(2,3)17-14(21)8-11(9-25-17)15-5-4-12-13-10-24-7-6-16(13)27(19(22)23)18(12)26-15/h4-10,19H,1-3H3. The molecule has 0 saturated carbocycles. The van der Waals surface area contributed by atoms with Gasteiger partial charge in [-0.05, 0) is 24.3 Å². The molecule has 0 fully saturated rings. The molecular weight excluding hydrogens is 353 g/mol. The van der Waals surface area contributed by atoms with Gasteiger partial charge in [0.15, 0.2) is 0 Å². The molecule has 0 bridgehead atoms. The van der Waals surface area contributed by atoms with E-state index in [2.05, 4.69) is 15.0 Å². The van der Waals surface area contributed by atoms with E-state index in [-0.39, 0.29) is 5.65 Å². The van der Waals surface area contributed by atoms with Gasteiger partial charge in [-0.15, -0.1) is 0 Å². The van der Waals surface area contributed by atoms with E-state index in [1.165, 1.54) is 30.7 Å². The Morgan fingerprint density at radius 1 is 1.04 bits per heavy atom. The highest BCUT2D eigenvalue weighted by Crippen LogP contribution is 2.33. The maximum atomic E-state index is 14.5. The molecule has 4 aromatic heterocycles. The van der Waals surface area contributed by atoms with Gasteiger partial charge in [0.05, 0.1) is 16.9 Å². The lowest BCUT2D eigenvalue weighted by Gasteiger charge is -2.18. The number of fused-ring (bicyclic) bond motifs is 3. The summed E-state index contributed by atoms with van der Waals surface area (Å²) in [5, 5.41) is 1.17. The predicted molar refractivity (Wildman–Crippen MR) is 98.2 cm³/mol. The van der Waals surface area contributed by atoms with Crippen LogP contribution in [0.3, 0.4) is 0 Å².